The lowest BCUT2D eigenvalue weighted by molar-refractivity contribution is 0.594. The number of benzene rings is 1. The Labute approximate surface area is 117 Å². The van der Waals surface area contributed by atoms with Gasteiger partial charge in [-0.3, -0.25) is 0 Å². The van der Waals surface area contributed by atoms with Crippen molar-refractivity contribution in [2.75, 3.05) is 5.73 Å². The van der Waals surface area contributed by atoms with E-state index in [0.29, 0.717) is 16.2 Å². The highest BCUT2D eigenvalue weighted by atomic mass is 32.2. The van der Waals surface area contributed by atoms with E-state index in [4.69, 9.17) is 5.73 Å². The minimum Gasteiger partial charge on any atom is -0.399 e. The summed E-state index contributed by atoms with van der Waals surface area (Å²) in [6, 6.07) is 5.16. The summed E-state index contributed by atoms with van der Waals surface area (Å²) in [6.45, 7) is 0. The fourth-order valence-electron chi connectivity index (χ4n) is 1.60. The Morgan fingerprint density at radius 2 is 2.16 bits per heavy atom. The Kier molecular flexibility index (Phi) is 3.00. The maximum absolute atomic E-state index is 12.2. The number of sulfone groups is 1. The molecule has 3 aromatic rings. The predicted octanol–water partition coefficient (Wildman–Crippen LogP) is 2.31. The third kappa shape index (κ3) is 2.46. The molecule has 0 atom stereocenters. The molecule has 0 saturated carbocycles. The van der Waals surface area contributed by atoms with Crippen LogP contribution in [0.4, 0.5) is 5.69 Å². The molecule has 0 aliphatic heterocycles. The molecule has 0 aliphatic carbocycles. The number of nitrogen functional groups attached to an aromatic ring is 1. The third-order valence-electron chi connectivity index (χ3n) is 2.46. The number of hydrogen-bond acceptors (Lipinski definition) is 7. The number of nitrogens with zero attached hydrogens (tertiary/aromatic N) is 2. The summed E-state index contributed by atoms with van der Waals surface area (Å²) in [6.07, 6.45) is 1.59. The molecular formula is C11H9N3O2S3. The molecule has 0 fully saturated rings. The first-order valence-corrected chi connectivity index (χ1v) is 8.67. The maximum Gasteiger partial charge on any atom is 0.211 e. The number of hydrogen-bond donors (Lipinski definition) is 1. The molecule has 2 heterocycles. The average Bonchev–Trinajstić information content (AvgIpc) is 2.96. The predicted molar refractivity (Wildman–Crippen MR) is 77.0 cm³/mol. The fourth-order valence-corrected chi connectivity index (χ4v) is 5.20. The average molecular weight is 311 g/mol. The standard InChI is InChI=1S/C11H9N3O2S3/c12-7-1-2-8-9(5-7)18-11(14-8)19(15,16)6-10-13-3-4-17-10/h1-5H,6,12H2. The van der Waals surface area contributed by atoms with Crippen LogP contribution in [0.1, 0.15) is 5.01 Å². The Morgan fingerprint density at radius 3 is 2.89 bits per heavy atom. The highest BCUT2D eigenvalue weighted by Gasteiger charge is 2.21. The summed E-state index contributed by atoms with van der Waals surface area (Å²) in [5, 5.41) is 2.32. The number of nitrogens with two attached hydrogens (primary N) is 1. The summed E-state index contributed by atoms with van der Waals surface area (Å²) in [4.78, 5) is 8.15. The van der Waals surface area contributed by atoms with Crippen molar-refractivity contribution in [1.82, 2.24) is 9.97 Å². The van der Waals surface area contributed by atoms with Crippen molar-refractivity contribution >= 4 is 48.4 Å². The van der Waals surface area contributed by atoms with E-state index in [0.717, 1.165) is 16.0 Å². The lowest BCUT2D eigenvalue weighted by Crippen LogP contribution is -2.03. The van der Waals surface area contributed by atoms with Crippen molar-refractivity contribution in [3.8, 4) is 0 Å². The summed E-state index contributed by atoms with van der Waals surface area (Å²) in [5.74, 6) is -0.111. The Bertz CT molecular complexity index is 822. The number of fused-ring (bicyclic) bond motifs is 1. The van der Waals surface area contributed by atoms with Crippen molar-refractivity contribution in [1.29, 1.82) is 0 Å². The van der Waals surface area contributed by atoms with E-state index in [2.05, 4.69) is 9.97 Å². The van der Waals surface area contributed by atoms with Gasteiger partial charge in [-0.2, -0.15) is 0 Å². The van der Waals surface area contributed by atoms with Gasteiger partial charge in [-0.15, -0.1) is 22.7 Å². The molecule has 1 aromatic carbocycles. The second kappa shape index (κ2) is 4.55. The lowest BCUT2D eigenvalue weighted by Gasteiger charge is -1.96. The Hall–Kier alpha value is -1.51. The van der Waals surface area contributed by atoms with Gasteiger partial charge in [0.15, 0.2) is 0 Å². The maximum atomic E-state index is 12.2. The molecule has 0 bridgehead atoms. The van der Waals surface area contributed by atoms with E-state index < -0.39 is 9.84 Å². The molecule has 0 unspecified atom stereocenters. The second-order valence-corrected chi connectivity index (χ2v) is 8.06. The summed E-state index contributed by atoms with van der Waals surface area (Å²) < 4.78 is 25.4. The summed E-state index contributed by atoms with van der Waals surface area (Å²) >= 11 is 2.46. The fraction of sp³-hybridized carbons (Fsp3) is 0.0909. The molecular weight excluding hydrogens is 302 g/mol. The number of thiazole rings is 2. The molecule has 0 saturated heterocycles. The van der Waals surface area contributed by atoms with Crippen LogP contribution in [-0.4, -0.2) is 18.4 Å². The van der Waals surface area contributed by atoms with Gasteiger partial charge in [-0.25, -0.2) is 18.4 Å². The minimum absolute atomic E-state index is 0.111. The number of rotatable bonds is 3. The molecule has 19 heavy (non-hydrogen) atoms. The third-order valence-corrected chi connectivity index (χ3v) is 6.52. The van der Waals surface area contributed by atoms with Gasteiger partial charge >= 0.3 is 0 Å². The van der Waals surface area contributed by atoms with Crippen LogP contribution in [0.15, 0.2) is 34.1 Å². The van der Waals surface area contributed by atoms with E-state index >= 15 is 0 Å². The van der Waals surface area contributed by atoms with Gasteiger partial charge in [0, 0.05) is 17.3 Å². The molecule has 8 heteroatoms. The summed E-state index contributed by atoms with van der Waals surface area (Å²) in [5.41, 5.74) is 6.92. The molecule has 2 aromatic heterocycles. The number of aromatic nitrogens is 2. The van der Waals surface area contributed by atoms with Gasteiger partial charge in [0.05, 0.1) is 10.2 Å². The minimum atomic E-state index is -3.44. The molecule has 3 rings (SSSR count). The van der Waals surface area contributed by atoms with Crippen molar-refractivity contribution in [3.05, 3.63) is 34.8 Å². The molecule has 5 nitrogen and oxygen atoms in total. The van der Waals surface area contributed by atoms with Gasteiger partial charge in [-0.1, -0.05) is 0 Å². The van der Waals surface area contributed by atoms with Crippen LogP contribution in [0.2, 0.25) is 0 Å². The van der Waals surface area contributed by atoms with Crippen LogP contribution in [0.25, 0.3) is 10.2 Å². The molecule has 0 amide bonds. The van der Waals surface area contributed by atoms with Gasteiger partial charge in [-0.05, 0) is 18.2 Å². The van der Waals surface area contributed by atoms with E-state index in [1.165, 1.54) is 11.3 Å². The van der Waals surface area contributed by atoms with Crippen LogP contribution < -0.4 is 5.73 Å². The normalized spacial score (nSPS) is 12.0. The molecule has 2 N–H and O–H groups in total. The number of anilines is 1. The van der Waals surface area contributed by atoms with Gasteiger partial charge in [0.25, 0.3) is 0 Å². The highest BCUT2D eigenvalue weighted by Crippen LogP contribution is 2.29. The van der Waals surface area contributed by atoms with Crippen LogP contribution in [0.5, 0.6) is 0 Å². The monoisotopic (exact) mass is 311 g/mol. The lowest BCUT2D eigenvalue weighted by atomic mass is 10.3. The van der Waals surface area contributed by atoms with E-state index in [1.54, 1.807) is 29.8 Å². The van der Waals surface area contributed by atoms with E-state index in [9.17, 15) is 8.42 Å². The van der Waals surface area contributed by atoms with Crippen LogP contribution >= 0.6 is 22.7 Å². The Balaban J connectivity index is 2.03. The topological polar surface area (TPSA) is 85.9 Å². The van der Waals surface area contributed by atoms with Gasteiger partial charge in [0.1, 0.15) is 10.8 Å². The first kappa shape index (κ1) is 12.5. The molecule has 98 valence electrons. The van der Waals surface area contributed by atoms with E-state index in [1.807, 2.05) is 0 Å². The largest absolute Gasteiger partial charge is 0.399 e. The molecule has 0 aliphatic rings. The highest BCUT2D eigenvalue weighted by molar-refractivity contribution is 7.92. The first-order valence-electron chi connectivity index (χ1n) is 5.32. The first-order chi connectivity index (χ1) is 9.04. The Morgan fingerprint density at radius 1 is 1.32 bits per heavy atom. The van der Waals surface area contributed by atoms with Crippen LogP contribution in [0, 0.1) is 0 Å². The van der Waals surface area contributed by atoms with Gasteiger partial charge < -0.3 is 5.73 Å². The zero-order valence-electron chi connectivity index (χ0n) is 9.61. The zero-order valence-corrected chi connectivity index (χ0v) is 12.1. The zero-order chi connectivity index (χ0) is 13.5. The quantitative estimate of drug-likeness (QED) is 0.750. The molecule has 0 radical (unpaired) electrons. The van der Waals surface area contributed by atoms with Crippen molar-refractivity contribution in [3.63, 3.8) is 0 Å². The van der Waals surface area contributed by atoms with Crippen molar-refractivity contribution in [2.24, 2.45) is 0 Å². The van der Waals surface area contributed by atoms with E-state index in [-0.39, 0.29) is 10.1 Å². The SMILES string of the molecule is Nc1ccc2nc(S(=O)(=O)Cc3nccs3)sc2c1. The van der Waals surface area contributed by atoms with Crippen LogP contribution in [0.3, 0.4) is 0 Å². The van der Waals surface area contributed by atoms with Crippen LogP contribution in [-0.2, 0) is 15.6 Å². The van der Waals surface area contributed by atoms with Gasteiger partial charge in [0.2, 0.25) is 14.2 Å². The summed E-state index contributed by atoms with van der Waals surface area (Å²) in [7, 11) is -3.44. The molecule has 0 spiro atoms. The smallest absolute Gasteiger partial charge is 0.211 e. The van der Waals surface area contributed by atoms with Crippen molar-refractivity contribution < 1.29 is 8.42 Å². The second-order valence-electron chi connectivity index (χ2n) is 3.89. The van der Waals surface area contributed by atoms with Crippen molar-refractivity contribution in [2.45, 2.75) is 10.1 Å².